The van der Waals surface area contributed by atoms with Crippen molar-refractivity contribution >= 4 is 29.2 Å². The van der Waals surface area contributed by atoms with Gasteiger partial charge in [-0.2, -0.15) is 0 Å². The molecule has 1 atom stereocenters. The van der Waals surface area contributed by atoms with E-state index in [-0.39, 0.29) is 23.9 Å². The zero-order valence-electron chi connectivity index (χ0n) is 18.3. The van der Waals surface area contributed by atoms with Crippen molar-refractivity contribution in [1.82, 2.24) is 9.80 Å². The van der Waals surface area contributed by atoms with Crippen LogP contribution in [0.2, 0.25) is 0 Å². The lowest BCUT2D eigenvalue weighted by atomic mass is 9.98. The van der Waals surface area contributed by atoms with Gasteiger partial charge in [-0.25, -0.2) is 4.79 Å². The number of nitrogens with one attached hydrogen (secondary N) is 2. The minimum absolute atomic E-state index is 0.102. The molecular weight excluding hydrogens is 406 g/mol. The summed E-state index contributed by atoms with van der Waals surface area (Å²) in [5.41, 5.74) is 10.2. The molecule has 0 aliphatic carbocycles. The number of rotatable bonds is 5. The molecule has 4 N–H and O–H groups in total. The maximum atomic E-state index is 12.9. The molecule has 0 saturated carbocycles. The lowest BCUT2D eigenvalue weighted by molar-refractivity contribution is -0.122. The van der Waals surface area contributed by atoms with E-state index in [1.165, 1.54) is 6.92 Å². The van der Waals surface area contributed by atoms with Gasteiger partial charge < -0.3 is 21.3 Å². The molecule has 32 heavy (non-hydrogen) atoms. The van der Waals surface area contributed by atoms with Crippen LogP contribution >= 0.6 is 0 Å². The Labute approximate surface area is 187 Å². The van der Waals surface area contributed by atoms with Gasteiger partial charge in [0.2, 0.25) is 11.8 Å². The molecule has 0 spiro atoms. The average Bonchev–Trinajstić information content (AvgIpc) is 3.22. The van der Waals surface area contributed by atoms with Gasteiger partial charge in [0.05, 0.1) is 6.04 Å². The molecule has 2 aromatic carbocycles. The Morgan fingerprint density at radius 1 is 1.09 bits per heavy atom. The van der Waals surface area contributed by atoms with Crippen molar-refractivity contribution in [2.24, 2.45) is 5.73 Å². The zero-order chi connectivity index (χ0) is 22.7. The van der Waals surface area contributed by atoms with Gasteiger partial charge in [-0.1, -0.05) is 24.3 Å². The van der Waals surface area contributed by atoms with Gasteiger partial charge in [-0.15, -0.1) is 0 Å². The van der Waals surface area contributed by atoms with Crippen LogP contribution in [0.15, 0.2) is 42.5 Å². The number of primary amides is 1. The fourth-order valence-corrected chi connectivity index (χ4v) is 4.61. The Hall–Kier alpha value is -3.39. The maximum absolute atomic E-state index is 12.9. The van der Waals surface area contributed by atoms with Crippen LogP contribution in [0.3, 0.4) is 0 Å². The van der Waals surface area contributed by atoms with E-state index in [0.717, 1.165) is 47.5 Å². The van der Waals surface area contributed by atoms with Crippen molar-refractivity contribution in [3.8, 4) is 0 Å². The van der Waals surface area contributed by atoms with Gasteiger partial charge in [-0.05, 0) is 60.7 Å². The number of nitrogens with two attached hydrogens (primary N) is 1. The Morgan fingerprint density at radius 2 is 1.91 bits per heavy atom. The first-order chi connectivity index (χ1) is 15.4. The molecule has 1 fully saturated rings. The predicted molar refractivity (Wildman–Crippen MR) is 123 cm³/mol. The van der Waals surface area contributed by atoms with E-state index in [1.807, 2.05) is 42.5 Å². The van der Waals surface area contributed by atoms with Crippen molar-refractivity contribution in [3.63, 3.8) is 0 Å². The van der Waals surface area contributed by atoms with E-state index >= 15 is 0 Å². The van der Waals surface area contributed by atoms with Crippen molar-refractivity contribution in [2.75, 3.05) is 23.7 Å². The number of hydrogen-bond acceptors (Lipinski definition) is 4. The summed E-state index contributed by atoms with van der Waals surface area (Å²) < 4.78 is 0. The number of amides is 4. The second kappa shape index (κ2) is 9.40. The molecule has 4 rings (SSSR count). The molecule has 0 aromatic heterocycles. The summed E-state index contributed by atoms with van der Waals surface area (Å²) >= 11 is 0. The first-order valence-corrected chi connectivity index (χ1v) is 11.0. The van der Waals surface area contributed by atoms with Crippen LogP contribution in [0.1, 0.15) is 36.5 Å². The third-order valence-corrected chi connectivity index (χ3v) is 6.12. The number of carbonyl (C=O) groups excluding carboxylic acids is 3. The SMILES string of the molecule is CC(=O)Nc1cccc2c1CCN(C(=O)Nc1cccc(CN3CCCC3C(N)=O)c1)C2. The number of nitrogens with zero attached hydrogens (tertiary/aromatic N) is 2. The zero-order valence-corrected chi connectivity index (χ0v) is 18.3. The minimum Gasteiger partial charge on any atom is -0.368 e. The highest BCUT2D eigenvalue weighted by Gasteiger charge is 2.29. The lowest BCUT2D eigenvalue weighted by Crippen LogP contribution is -2.40. The van der Waals surface area contributed by atoms with Crippen LogP contribution in [0.25, 0.3) is 0 Å². The molecule has 0 radical (unpaired) electrons. The Kier molecular flexibility index (Phi) is 6.41. The molecule has 2 aromatic rings. The molecule has 2 heterocycles. The van der Waals surface area contributed by atoms with Crippen molar-refractivity contribution in [1.29, 1.82) is 0 Å². The lowest BCUT2D eigenvalue weighted by Gasteiger charge is -2.30. The van der Waals surface area contributed by atoms with Crippen LogP contribution in [-0.2, 0) is 29.1 Å². The summed E-state index contributed by atoms with van der Waals surface area (Å²) in [5.74, 6) is -0.381. The smallest absolute Gasteiger partial charge is 0.322 e. The number of fused-ring (bicyclic) bond motifs is 1. The third-order valence-electron chi connectivity index (χ3n) is 6.12. The number of hydrogen-bond donors (Lipinski definition) is 3. The number of likely N-dealkylation sites (tertiary alicyclic amines) is 1. The largest absolute Gasteiger partial charge is 0.368 e. The van der Waals surface area contributed by atoms with E-state index < -0.39 is 0 Å². The van der Waals surface area contributed by atoms with Crippen LogP contribution in [0.4, 0.5) is 16.2 Å². The number of anilines is 2. The summed E-state index contributed by atoms with van der Waals surface area (Å²) in [7, 11) is 0. The minimum atomic E-state index is -0.279. The van der Waals surface area contributed by atoms with E-state index in [9.17, 15) is 14.4 Å². The van der Waals surface area contributed by atoms with Crippen LogP contribution in [0, 0.1) is 0 Å². The Morgan fingerprint density at radius 3 is 2.69 bits per heavy atom. The molecule has 168 valence electrons. The predicted octanol–water partition coefficient (Wildman–Crippen LogP) is 2.68. The molecule has 0 bridgehead atoms. The summed E-state index contributed by atoms with van der Waals surface area (Å²) in [5, 5.41) is 5.87. The number of urea groups is 1. The summed E-state index contributed by atoms with van der Waals surface area (Å²) in [6.45, 7) is 4.03. The maximum Gasteiger partial charge on any atom is 0.322 e. The van der Waals surface area contributed by atoms with Crippen molar-refractivity contribution < 1.29 is 14.4 Å². The first kappa shape index (κ1) is 21.8. The molecule has 1 unspecified atom stereocenters. The fourth-order valence-electron chi connectivity index (χ4n) is 4.61. The highest BCUT2D eigenvalue weighted by molar-refractivity contribution is 5.91. The summed E-state index contributed by atoms with van der Waals surface area (Å²) in [6.07, 6.45) is 2.44. The van der Waals surface area contributed by atoms with Gasteiger partial charge >= 0.3 is 6.03 Å². The fraction of sp³-hybridized carbons (Fsp3) is 0.375. The molecule has 8 heteroatoms. The molecule has 1 saturated heterocycles. The van der Waals surface area contributed by atoms with Crippen molar-refractivity contribution in [2.45, 2.75) is 45.3 Å². The van der Waals surface area contributed by atoms with E-state index in [0.29, 0.717) is 26.1 Å². The van der Waals surface area contributed by atoms with Gasteiger partial charge in [-0.3, -0.25) is 14.5 Å². The van der Waals surface area contributed by atoms with Gasteiger partial charge in [0.25, 0.3) is 0 Å². The third kappa shape index (κ3) is 4.91. The molecular formula is C24H29N5O3. The Bertz CT molecular complexity index is 1040. The quantitative estimate of drug-likeness (QED) is 0.671. The summed E-state index contributed by atoms with van der Waals surface area (Å²) in [4.78, 5) is 39.9. The number of benzene rings is 2. The molecule has 4 amide bonds. The highest BCUT2D eigenvalue weighted by Crippen LogP contribution is 2.27. The highest BCUT2D eigenvalue weighted by atomic mass is 16.2. The molecule has 2 aliphatic rings. The molecule has 8 nitrogen and oxygen atoms in total. The summed E-state index contributed by atoms with van der Waals surface area (Å²) in [6, 6.07) is 13.1. The van der Waals surface area contributed by atoms with Gasteiger partial charge in [0.15, 0.2) is 0 Å². The molecule has 2 aliphatic heterocycles. The van der Waals surface area contributed by atoms with E-state index in [2.05, 4.69) is 15.5 Å². The van der Waals surface area contributed by atoms with E-state index in [4.69, 9.17) is 5.73 Å². The Balaban J connectivity index is 1.40. The van der Waals surface area contributed by atoms with Gasteiger partial charge in [0, 0.05) is 37.9 Å². The second-order valence-corrected chi connectivity index (χ2v) is 8.46. The van der Waals surface area contributed by atoms with Crippen LogP contribution < -0.4 is 16.4 Å². The van der Waals surface area contributed by atoms with E-state index in [1.54, 1.807) is 4.90 Å². The van der Waals surface area contributed by atoms with Crippen LogP contribution in [-0.4, -0.2) is 46.8 Å². The number of carbonyl (C=O) groups is 3. The topological polar surface area (TPSA) is 108 Å². The normalized spacial score (nSPS) is 18.2. The average molecular weight is 436 g/mol. The monoisotopic (exact) mass is 435 g/mol. The van der Waals surface area contributed by atoms with Crippen LogP contribution in [0.5, 0.6) is 0 Å². The first-order valence-electron chi connectivity index (χ1n) is 11.0. The van der Waals surface area contributed by atoms with Gasteiger partial charge in [0.1, 0.15) is 0 Å². The standard InChI is InChI=1S/C24H29N5O3/c1-16(30)26-21-8-3-6-18-15-29(12-10-20(18)21)24(32)27-19-7-2-5-17(13-19)14-28-11-4-9-22(28)23(25)31/h2-3,5-8,13,22H,4,9-12,14-15H2,1H3,(H2,25,31)(H,26,30)(H,27,32). The second-order valence-electron chi connectivity index (χ2n) is 8.46. The van der Waals surface area contributed by atoms with Crippen molar-refractivity contribution in [3.05, 3.63) is 59.2 Å².